The molecular formula is C22H26N2O2. The molecule has 0 unspecified atom stereocenters. The van der Waals surface area contributed by atoms with Crippen molar-refractivity contribution < 1.29 is 9.59 Å². The van der Waals surface area contributed by atoms with E-state index in [-0.39, 0.29) is 6.04 Å². The van der Waals surface area contributed by atoms with Crippen molar-refractivity contribution in [3.05, 3.63) is 65.2 Å². The van der Waals surface area contributed by atoms with Crippen molar-refractivity contribution in [2.45, 2.75) is 45.6 Å². The lowest BCUT2D eigenvalue weighted by Crippen LogP contribution is -2.38. The smallest absolute Gasteiger partial charge is 0.313 e. The highest BCUT2D eigenvalue weighted by molar-refractivity contribution is 6.39. The van der Waals surface area contributed by atoms with Gasteiger partial charge in [0.1, 0.15) is 0 Å². The summed E-state index contributed by atoms with van der Waals surface area (Å²) in [5.41, 5.74) is 4.31. The van der Waals surface area contributed by atoms with Crippen LogP contribution in [0.5, 0.6) is 0 Å². The van der Waals surface area contributed by atoms with Gasteiger partial charge in [0, 0.05) is 5.69 Å². The summed E-state index contributed by atoms with van der Waals surface area (Å²) in [7, 11) is 0. The normalized spacial score (nSPS) is 14.0. The maximum absolute atomic E-state index is 12.4. The fourth-order valence-corrected chi connectivity index (χ4v) is 3.50. The molecule has 0 radical (unpaired) electrons. The Morgan fingerprint density at radius 2 is 1.69 bits per heavy atom. The van der Waals surface area contributed by atoms with Gasteiger partial charge in [-0.1, -0.05) is 50.2 Å². The zero-order valence-electron chi connectivity index (χ0n) is 15.4. The molecular weight excluding hydrogens is 324 g/mol. The number of carbonyl (C=O) groups is 2. The van der Waals surface area contributed by atoms with Crippen LogP contribution in [-0.2, 0) is 22.4 Å². The average Bonchev–Trinajstić information content (AvgIpc) is 3.09. The Kier molecular flexibility index (Phi) is 5.71. The highest BCUT2D eigenvalue weighted by Crippen LogP contribution is 2.25. The molecule has 4 heteroatoms. The number of benzene rings is 2. The Morgan fingerprint density at radius 1 is 0.962 bits per heavy atom. The van der Waals surface area contributed by atoms with Gasteiger partial charge in [-0.2, -0.15) is 0 Å². The highest BCUT2D eigenvalue weighted by Gasteiger charge is 2.21. The molecule has 136 valence electrons. The molecule has 26 heavy (non-hydrogen) atoms. The minimum atomic E-state index is -0.618. The number of fused-ring (bicyclic) bond motifs is 1. The quantitative estimate of drug-likeness (QED) is 0.800. The molecule has 2 amide bonds. The van der Waals surface area contributed by atoms with Crippen LogP contribution in [0.1, 0.15) is 49.4 Å². The molecule has 2 N–H and O–H groups in total. The van der Waals surface area contributed by atoms with E-state index in [4.69, 9.17) is 0 Å². The first-order valence-corrected chi connectivity index (χ1v) is 9.31. The van der Waals surface area contributed by atoms with Crippen LogP contribution in [0.15, 0.2) is 48.5 Å². The molecule has 1 aliphatic rings. The molecule has 0 saturated heterocycles. The molecule has 0 fully saturated rings. The van der Waals surface area contributed by atoms with E-state index in [0.29, 0.717) is 11.6 Å². The Balaban J connectivity index is 1.66. The first kappa shape index (κ1) is 18.2. The van der Waals surface area contributed by atoms with Crippen molar-refractivity contribution in [1.82, 2.24) is 5.32 Å². The fourth-order valence-electron chi connectivity index (χ4n) is 3.50. The number of anilines is 1. The monoisotopic (exact) mass is 350 g/mol. The molecule has 3 rings (SSSR count). The molecule has 1 atom stereocenters. The van der Waals surface area contributed by atoms with Crippen molar-refractivity contribution in [3.63, 3.8) is 0 Å². The summed E-state index contributed by atoms with van der Waals surface area (Å²) < 4.78 is 0. The summed E-state index contributed by atoms with van der Waals surface area (Å²) in [6.07, 6.45) is 4.07. The van der Waals surface area contributed by atoms with Crippen molar-refractivity contribution >= 4 is 17.5 Å². The minimum Gasteiger partial charge on any atom is -0.341 e. The van der Waals surface area contributed by atoms with E-state index in [1.807, 2.05) is 48.5 Å². The fraction of sp³-hybridized carbons (Fsp3) is 0.364. The lowest BCUT2D eigenvalue weighted by Gasteiger charge is -2.21. The van der Waals surface area contributed by atoms with Crippen LogP contribution in [0.3, 0.4) is 0 Å². The second-order valence-corrected chi connectivity index (χ2v) is 7.36. The third-order valence-electron chi connectivity index (χ3n) is 4.78. The Hall–Kier alpha value is -2.62. The van der Waals surface area contributed by atoms with Crippen LogP contribution in [0.25, 0.3) is 0 Å². The van der Waals surface area contributed by atoms with E-state index in [0.717, 1.165) is 31.2 Å². The summed E-state index contributed by atoms with van der Waals surface area (Å²) >= 11 is 0. The molecule has 2 aromatic rings. The zero-order valence-corrected chi connectivity index (χ0v) is 15.4. The summed E-state index contributed by atoms with van der Waals surface area (Å²) in [4.78, 5) is 24.8. The topological polar surface area (TPSA) is 58.2 Å². The van der Waals surface area contributed by atoms with E-state index in [1.165, 1.54) is 11.1 Å². The molecule has 0 bridgehead atoms. The molecule has 0 aromatic heterocycles. The Bertz CT molecular complexity index is 784. The number of rotatable bonds is 5. The molecule has 2 aromatic carbocycles. The number of aryl methyl sites for hydroxylation is 2. The van der Waals surface area contributed by atoms with Gasteiger partial charge >= 0.3 is 11.8 Å². The zero-order chi connectivity index (χ0) is 18.5. The van der Waals surface area contributed by atoms with Gasteiger partial charge in [0.05, 0.1) is 6.04 Å². The predicted molar refractivity (Wildman–Crippen MR) is 104 cm³/mol. The van der Waals surface area contributed by atoms with Crippen LogP contribution < -0.4 is 10.6 Å². The highest BCUT2D eigenvalue weighted by atomic mass is 16.2. The van der Waals surface area contributed by atoms with Gasteiger partial charge in [0.2, 0.25) is 0 Å². The van der Waals surface area contributed by atoms with E-state index in [1.54, 1.807) is 0 Å². The standard InChI is InChI=1S/C22H26N2O2/c1-15(2)13-20(17-7-4-3-5-8-17)24-22(26)21(25)23-19-12-11-16-9-6-10-18(16)14-19/h3-5,7-8,11-12,14-15,20H,6,9-10,13H2,1-2H3,(H,23,25)(H,24,26)/t20-/m0/s1. The Labute approximate surface area is 155 Å². The third-order valence-corrected chi connectivity index (χ3v) is 4.78. The number of hydrogen-bond acceptors (Lipinski definition) is 2. The van der Waals surface area contributed by atoms with Crippen molar-refractivity contribution in [3.8, 4) is 0 Å². The summed E-state index contributed by atoms with van der Waals surface area (Å²) in [5.74, 6) is -0.812. The van der Waals surface area contributed by atoms with Gasteiger partial charge < -0.3 is 10.6 Å². The summed E-state index contributed by atoms with van der Waals surface area (Å²) in [6, 6.07) is 15.5. The molecule has 4 nitrogen and oxygen atoms in total. The molecule has 0 aliphatic heterocycles. The molecule has 1 aliphatic carbocycles. The largest absolute Gasteiger partial charge is 0.341 e. The maximum atomic E-state index is 12.4. The molecule has 0 spiro atoms. The number of amides is 2. The van der Waals surface area contributed by atoms with Crippen molar-refractivity contribution in [2.75, 3.05) is 5.32 Å². The number of carbonyl (C=O) groups excluding carboxylic acids is 2. The number of nitrogens with one attached hydrogen (secondary N) is 2. The number of hydrogen-bond donors (Lipinski definition) is 2. The predicted octanol–water partition coefficient (Wildman–Crippen LogP) is 4.02. The average molecular weight is 350 g/mol. The maximum Gasteiger partial charge on any atom is 0.313 e. The lowest BCUT2D eigenvalue weighted by molar-refractivity contribution is -0.136. The van der Waals surface area contributed by atoms with Gasteiger partial charge in [-0.15, -0.1) is 0 Å². The van der Waals surface area contributed by atoms with Crippen LogP contribution in [0.4, 0.5) is 5.69 Å². The van der Waals surface area contributed by atoms with Gasteiger partial charge in [0.25, 0.3) is 0 Å². The second-order valence-electron chi connectivity index (χ2n) is 7.36. The van der Waals surface area contributed by atoms with Crippen molar-refractivity contribution in [1.29, 1.82) is 0 Å². The second kappa shape index (κ2) is 8.17. The van der Waals surface area contributed by atoms with Crippen LogP contribution in [-0.4, -0.2) is 11.8 Å². The molecule has 0 heterocycles. The van der Waals surface area contributed by atoms with E-state index >= 15 is 0 Å². The van der Waals surface area contributed by atoms with Crippen LogP contribution >= 0.6 is 0 Å². The van der Waals surface area contributed by atoms with Gasteiger partial charge in [-0.05, 0) is 60.4 Å². The van der Waals surface area contributed by atoms with E-state index in [9.17, 15) is 9.59 Å². The van der Waals surface area contributed by atoms with Gasteiger partial charge in [-0.25, -0.2) is 0 Å². The first-order chi connectivity index (χ1) is 12.5. The third kappa shape index (κ3) is 4.51. The minimum absolute atomic E-state index is 0.172. The lowest BCUT2D eigenvalue weighted by atomic mass is 9.97. The van der Waals surface area contributed by atoms with E-state index in [2.05, 4.69) is 24.5 Å². The van der Waals surface area contributed by atoms with E-state index < -0.39 is 11.8 Å². The summed E-state index contributed by atoms with van der Waals surface area (Å²) in [5, 5.41) is 5.62. The summed E-state index contributed by atoms with van der Waals surface area (Å²) in [6.45, 7) is 4.21. The first-order valence-electron chi connectivity index (χ1n) is 9.31. The SMILES string of the molecule is CC(C)C[C@H](NC(=O)C(=O)Nc1ccc2c(c1)CCC2)c1ccccc1. The Morgan fingerprint density at radius 3 is 2.42 bits per heavy atom. The van der Waals surface area contributed by atoms with Crippen LogP contribution in [0.2, 0.25) is 0 Å². The van der Waals surface area contributed by atoms with Gasteiger partial charge in [0.15, 0.2) is 0 Å². The van der Waals surface area contributed by atoms with Crippen molar-refractivity contribution in [2.24, 2.45) is 5.92 Å². The van der Waals surface area contributed by atoms with Crippen LogP contribution in [0, 0.1) is 5.92 Å². The van der Waals surface area contributed by atoms with Gasteiger partial charge in [-0.3, -0.25) is 9.59 Å². The molecule has 0 saturated carbocycles.